The Bertz CT molecular complexity index is 1460. The second-order valence-electron chi connectivity index (χ2n) is 9.63. The van der Waals surface area contributed by atoms with Gasteiger partial charge in [0.15, 0.2) is 5.65 Å². The van der Waals surface area contributed by atoms with Crippen LogP contribution < -0.4 is 4.90 Å². The smallest absolute Gasteiger partial charge is 0.254 e. The van der Waals surface area contributed by atoms with E-state index in [0.29, 0.717) is 30.1 Å². The van der Waals surface area contributed by atoms with Gasteiger partial charge in [-0.3, -0.25) is 9.36 Å². The average Bonchev–Trinajstić information content (AvgIpc) is 3.52. The third-order valence-corrected chi connectivity index (χ3v) is 6.49. The van der Waals surface area contributed by atoms with Crippen molar-refractivity contribution in [2.75, 3.05) is 18.0 Å². The topological polar surface area (TPSA) is 129 Å². The van der Waals surface area contributed by atoms with Crippen LogP contribution in [0.1, 0.15) is 33.3 Å². The van der Waals surface area contributed by atoms with Crippen molar-refractivity contribution in [2.24, 2.45) is 0 Å². The number of nitrogens with zero attached hydrogens (tertiary/aromatic N) is 9. The maximum absolute atomic E-state index is 12.8. The Morgan fingerprint density at radius 2 is 1.97 bits per heavy atom. The fraction of sp³-hybridized carbons (Fsp3) is 0.360. The molecule has 5 rings (SSSR count). The average molecular weight is 486 g/mol. The van der Waals surface area contributed by atoms with Crippen molar-refractivity contribution in [1.82, 2.24) is 34.0 Å². The van der Waals surface area contributed by atoms with E-state index < -0.39 is 5.60 Å². The zero-order valence-electron chi connectivity index (χ0n) is 20.6. The Morgan fingerprint density at radius 1 is 1.17 bits per heavy atom. The summed E-state index contributed by atoms with van der Waals surface area (Å²) in [5.41, 5.74) is 0.517. The molecule has 0 unspecified atom stereocenters. The molecule has 1 aliphatic heterocycles. The quantitative estimate of drug-likeness (QED) is 0.465. The molecule has 11 nitrogen and oxygen atoms in total. The lowest BCUT2D eigenvalue weighted by molar-refractivity contribution is -0.151. The highest BCUT2D eigenvalue weighted by atomic mass is 16.3. The highest BCUT2D eigenvalue weighted by Gasteiger charge is 2.39. The van der Waals surface area contributed by atoms with Crippen LogP contribution in [0.5, 0.6) is 0 Å². The van der Waals surface area contributed by atoms with Crippen LogP contribution in [0.2, 0.25) is 0 Å². The second kappa shape index (κ2) is 8.73. The van der Waals surface area contributed by atoms with E-state index in [2.05, 4.69) is 30.9 Å². The molecule has 184 valence electrons. The number of fused-ring (bicyclic) bond motifs is 1. The molecule has 0 spiro atoms. The number of amides is 1. The molecular formula is C25H27N9O2. The molecule has 4 aromatic heterocycles. The number of hydrogen-bond acceptors (Lipinski definition) is 8. The number of aromatic nitrogens is 6. The fourth-order valence-corrected chi connectivity index (χ4v) is 4.69. The van der Waals surface area contributed by atoms with Crippen LogP contribution in [0.25, 0.3) is 22.5 Å². The molecule has 2 atom stereocenters. The Kier molecular flexibility index (Phi) is 5.68. The standard InChI is InChI=1S/C25H27N9O2/c1-16-12-33(24(35)25(3,4)36)17(2)11-32(16)22-21-19(31-8-7-27-15-31)13-34(23(21)30-14-29-22)20-9-18(10-26)5-6-28-20/h5-9,13-17,36H,11-12H2,1-4H3/t16-,17+/m0/s1. The lowest BCUT2D eigenvalue weighted by Gasteiger charge is -2.46. The molecule has 0 aromatic carbocycles. The van der Waals surface area contributed by atoms with Crippen LogP contribution in [0, 0.1) is 11.3 Å². The molecule has 5 heterocycles. The zero-order valence-corrected chi connectivity index (χ0v) is 20.6. The number of piperazine rings is 1. The Hall–Kier alpha value is -4.30. The van der Waals surface area contributed by atoms with E-state index in [1.165, 1.54) is 20.2 Å². The molecule has 11 heteroatoms. The minimum atomic E-state index is -1.44. The summed E-state index contributed by atoms with van der Waals surface area (Å²) in [6, 6.07) is 5.32. The molecule has 1 saturated heterocycles. The van der Waals surface area contributed by atoms with Crippen molar-refractivity contribution in [2.45, 2.75) is 45.4 Å². The van der Waals surface area contributed by atoms with Gasteiger partial charge in [-0.1, -0.05) is 0 Å². The van der Waals surface area contributed by atoms with E-state index in [1.807, 2.05) is 35.4 Å². The first-order chi connectivity index (χ1) is 17.2. The monoisotopic (exact) mass is 485 g/mol. The summed E-state index contributed by atoms with van der Waals surface area (Å²) < 4.78 is 3.74. The molecule has 1 aliphatic rings. The van der Waals surface area contributed by atoms with Gasteiger partial charge in [-0.2, -0.15) is 5.26 Å². The van der Waals surface area contributed by atoms with Gasteiger partial charge in [0.25, 0.3) is 5.91 Å². The number of anilines is 1. The van der Waals surface area contributed by atoms with Crippen LogP contribution in [0.15, 0.2) is 49.6 Å². The van der Waals surface area contributed by atoms with Gasteiger partial charge in [-0.25, -0.2) is 19.9 Å². The largest absolute Gasteiger partial charge is 0.381 e. The van der Waals surface area contributed by atoms with Crippen LogP contribution in [0.4, 0.5) is 5.82 Å². The van der Waals surface area contributed by atoms with Crippen LogP contribution >= 0.6 is 0 Å². The number of imidazole rings is 1. The lowest BCUT2D eigenvalue weighted by atomic mass is 10.0. The third-order valence-electron chi connectivity index (χ3n) is 6.49. The van der Waals surface area contributed by atoms with Gasteiger partial charge in [0.2, 0.25) is 0 Å². The lowest BCUT2D eigenvalue weighted by Crippen LogP contribution is -2.61. The first-order valence-corrected chi connectivity index (χ1v) is 11.7. The zero-order chi connectivity index (χ0) is 25.6. The van der Waals surface area contributed by atoms with Gasteiger partial charge in [0, 0.05) is 50.0 Å². The summed E-state index contributed by atoms with van der Waals surface area (Å²) in [5, 5.41) is 20.5. The van der Waals surface area contributed by atoms with Gasteiger partial charge < -0.3 is 19.5 Å². The van der Waals surface area contributed by atoms with Gasteiger partial charge in [-0.05, 0) is 39.8 Å². The van der Waals surface area contributed by atoms with E-state index in [-0.39, 0.29) is 18.0 Å². The molecule has 0 saturated carbocycles. The highest BCUT2D eigenvalue weighted by molar-refractivity contribution is 5.97. The minimum absolute atomic E-state index is 0.0652. The summed E-state index contributed by atoms with van der Waals surface area (Å²) in [5.74, 6) is 1.01. The van der Waals surface area contributed by atoms with Crippen LogP contribution in [0.3, 0.4) is 0 Å². The predicted octanol–water partition coefficient (Wildman–Crippen LogP) is 2.07. The van der Waals surface area contributed by atoms with Crippen molar-refractivity contribution < 1.29 is 9.90 Å². The number of pyridine rings is 1. The summed E-state index contributed by atoms with van der Waals surface area (Å²) in [6.07, 6.45) is 10.3. The SMILES string of the molecule is C[C@@H]1CN(c2ncnc3c2c(-n2ccnc2)cn3-c2cc(C#N)ccn2)[C@@H](C)CN1C(=O)C(C)(C)O. The molecular weight excluding hydrogens is 458 g/mol. The Balaban J connectivity index is 1.64. The first kappa shape index (κ1) is 23.4. The maximum atomic E-state index is 12.8. The first-order valence-electron chi connectivity index (χ1n) is 11.7. The number of aliphatic hydroxyl groups is 1. The van der Waals surface area contributed by atoms with Crippen molar-refractivity contribution >= 4 is 22.8 Å². The summed E-state index contributed by atoms with van der Waals surface area (Å²) in [6.45, 7) is 8.02. The second-order valence-corrected chi connectivity index (χ2v) is 9.63. The van der Waals surface area contributed by atoms with Crippen molar-refractivity contribution in [3.63, 3.8) is 0 Å². The van der Waals surface area contributed by atoms with E-state index >= 15 is 0 Å². The van der Waals surface area contributed by atoms with Crippen LogP contribution in [-0.2, 0) is 4.79 Å². The number of hydrogen-bond donors (Lipinski definition) is 1. The molecule has 0 bridgehead atoms. The number of carbonyl (C=O) groups excluding carboxylic acids is 1. The molecule has 1 fully saturated rings. The highest BCUT2D eigenvalue weighted by Crippen LogP contribution is 2.35. The number of nitriles is 1. The van der Waals surface area contributed by atoms with Crippen molar-refractivity contribution in [3.8, 4) is 17.6 Å². The third kappa shape index (κ3) is 3.95. The summed E-state index contributed by atoms with van der Waals surface area (Å²) >= 11 is 0. The van der Waals surface area contributed by atoms with Gasteiger partial charge >= 0.3 is 0 Å². The van der Waals surface area contributed by atoms with E-state index in [0.717, 1.165) is 16.9 Å². The number of rotatable bonds is 4. The number of carbonyl (C=O) groups is 1. The normalized spacial score (nSPS) is 18.4. The van der Waals surface area contributed by atoms with Gasteiger partial charge in [0.1, 0.15) is 23.6 Å². The van der Waals surface area contributed by atoms with E-state index in [9.17, 15) is 15.2 Å². The molecule has 1 amide bonds. The molecule has 4 aromatic rings. The fourth-order valence-electron chi connectivity index (χ4n) is 4.69. The molecule has 36 heavy (non-hydrogen) atoms. The Labute approximate surface area is 208 Å². The van der Waals surface area contributed by atoms with Crippen molar-refractivity contribution in [3.05, 3.63) is 55.1 Å². The van der Waals surface area contributed by atoms with Crippen molar-refractivity contribution in [1.29, 1.82) is 5.26 Å². The molecule has 0 radical (unpaired) electrons. The molecule has 0 aliphatic carbocycles. The van der Waals surface area contributed by atoms with Crippen LogP contribution in [-0.4, -0.2) is 75.8 Å². The van der Waals surface area contributed by atoms with Gasteiger partial charge in [0.05, 0.1) is 29.0 Å². The summed E-state index contributed by atoms with van der Waals surface area (Å²) in [7, 11) is 0. The minimum Gasteiger partial charge on any atom is -0.381 e. The predicted molar refractivity (Wildman–Crippen MR) is 133 cm³/mol. The van der Waals surface area contributed by atoms with E-state index in [4.69, 9.17) is 0 Å². The Morgan fingerprint density at radius 3 is 2.67 bits per heavy atom. The van der Waals surface area contributed by atoms with Gasteiger partial charge in [-0.15, -0.1) is 0 Å². The maximum Gasteiger partial charge on any atom is 0.254 e. The summed E-state index contributed by atoms with van der Waals surface area (Å²) in [4.78, 5) is 34.7. The van der Waals surface area contributed by atoms with E-state index in [1.54, 1.807) is 35.8 Å². The molecule has 1 N–H and O–H groups in total.